The summed E-state index contributed by atoms with van der Waals surface area (Å²) in [5, 5.41) is 2.05. The van der Waals surface area contributed by atoms with Gasteiger partial charge in [0.15, 0.2) is 0 Å². The van der Waals surface area contributed by atoms with E-state index in [0.717, 1.165) is 11.5 Å². The minimum absolute atomic E-state index is 0.970. The number of H-pyrrole nitrogens is 1. The number of aromatic nitrogens is 2. The van der Waals surface area contributed by atoms with Crippen molar-refractivity contribution in [1.29, 1.82) is 0 Å². The Labute approximate surface area is 68.9 Å². The van der Waals surface area contributed by atoms with Crippen LogP contribution in [0.1, 0.15) is 5.69 Å². The van der Waals surface area contributed by atoms with Gasteiger partial charge in [-0.1, -0.05) is 6.07 Å². The molecule has 0 radical (unpaired) electrons. The molecule has 0 atom stereocenters. The molecule has 0 unspecified atom stereocenters. The van der Waals surface area contributed by atoms with Gasteiger partial charge in [0.25, 0.3) is 0 Å². The van der Waals surface area contributed by atoms with E-state index in [-0.39, 0.29) is 0 Å². The zero-order valence-electron chi connectivity index (χ0n) is 6.16. The molecule has 0 aliphatic heterocycles. The fourth-order valence-corrected chi connectivity index (χ4v) is 1.63. The van der Waals surface area contributed by atoms with Gasteiger partial charge in [-0.3, -0.25) is 0 Å². The number of thiophene rings is 1. The number of nitrogens with one attached hydrogen (secondary N) is 1. The highest BCUT2D eigenvalue weighted by molar-refractivity contribution is 7.13. The summed E-state index contributed by atoms with van der Waals surface area (Å²) in [7, 11) is 0. The lowest BCUT2D eigenvalue weighted by Gasteiger charge is -1.86. The highest BCUT2D eigenvalue weighted by Crippen LogP contribution is 2.20. The molecule has 2 heterocycles. The second-order valence-corrected chi connectivity index (χ2v) is 3.34. The van der Waals surface area contributed by atoms with Crippen LogP contribution in [-0.4, -0.2) is 9.97 Å². The highest BCUT2D eigenvalue weighted by Gasteiger charge is 2.00. The standard InChI is InChI=1S/C8H8N2S/c1-6-5-9-8(10-6)7-3-2-4-11-7/h2-5H,1H3,(H,9,10). The van der Waals surface area contributed by atoms with Crippen molar-refractivity contribution in [3.8, 4) is 10.7 Å². The maximum Gasteiger partial charge on any atom is 0.147 e. The largest absolute Gasteiger partial charge is 0.341 e. The van der Waals surface area contributed by atoms with Crippen molar-refractivity contribution >= 4 is 11.3 Å². The maximum atomic E-state index is 4.21. The van der Waals surface area contributed by atoms with Gasteiger partial charge in [-0.25, -0.2) is 4.98 Å². The smallest absolute Gasteiger partial charge is 0.147 e. The summed E-state index contributed by atoms with van der Waals surface area (Å²) in [6.45, 7) is 2.00. The maximum absolute atomic E-state index is 4.21. The van der Waals surface area contributed by atoms with Gasteiger partial charge in [0.05, 0.1) is 4.88 Å². The lowest BCUT2D eigenvalue weighted by atomic mass is 10.4. The van der Waals surface area contributed by atoms with Crippen LogP contribution in [-0.2, 0) is 0 Å². The first-order valence-electron chi connectivity index (χ1n) is 3.42. The average molecular weight is 164 g/mol. The van der Waals surface area contributed by atoms with Crippen LogP contribution in [0.15, 0.2) is 23.7 Å². The summed E-state index contributed by atoms with van der Waals surface area (Å²) in [6.07, 6.45) is 1.84. The Morgan fingerprint density at radius 3 is 3.00 bits per heavy atom. The van der Waals surface area contributed by atoms with Gasteiger partial charge < -0.3 is 4.98 Å². The summed E-state index contributed by atoms with van der Waals surface area (Å²) in [6, 6.07) is 4.08. The zero-order chi connectivity index (χ0) is 7.68. The quantitative estimate of drug-likeness (QED) is 0.689. The SMILES string of the molecule is Cc1cnc(-c2cccs2)[nH]1. The number of hydrogen-bond acceptors (Lipinski definition) is 2. The van der Waals surface area contributed by atoms with Gasteiger partial charge in [-0.15, -0.1) is 11.3 Å². The highest BCUT2D eigenvalue weighted by atomic mass is 32.1. The second-order valence-electron chi connectivity index (χ2n) is 2.39. The summed E-state index contributed by atoms with van der Waals surface area (Å²) in [5.41, 5.74) is 1.11. The monoisotopic (exact) mass is 164 g/mol. The third kappa shape index (κ3) is 1.19. The van der Waals surface area contributed by atoms with E-state index in [2.05, 4.69) is 16.0 Å². The molecule has 3 heteroatoms. The number of nitrogens with zero attached hydrogens (tertiary/aromatic N) is 1. The van der Waals surface area contributed by atoms with E-state index in [9.17, 15) is 0 Å². The summed E-state index contributed by atoms with van der Waals surface area (Å²) in [5.74, 6) is 0.970. The van der Waals surface area contributed by atoms with E-state index in [1.165, 1.54) is 4.88 Å². The molecule has 0 fully saturated rings. The van der Waals surface area contributed by atoms with Crippen molar-refractivity contribution in [2.75, 3.05) is 0 Å². The molecule has 0 bridgehead atoms. The Morgan fingerprint density at radius 1 is 1.55 bits per heavy atom. The van der Waals surface area contributed by atoms with Crippen molar-refractivity contribution < 1.29 is 0 Å². The molecule has 2 nitrogen and oxygen atoms in total. The number of rotatable bonds is 1. The summed E-state index contributed by atoms with van der Waals surface area (Å²) in [4.78, 5) is 8.58. The molecule has 0 saturated carbocycles. The van der Waals surface area contributed by atoms with Gasteiger partial charge in [-0.05, 0) is 18.4 Å². The van der Waals surface area contributed by atoms with Crippen LogP contribution in [0.25, 0.3) is 10.7 Å². The molecule has 1 N–H and O–H groups in total. The Morgan fingerprint density at radius 2 is 2.45 bits per heavy atom. The summed E-state index contributed by atoms with van der Waals surface area (Å²) < 4.78 is 0. The van der Waals surface area contributed by atoms with Gasteiger partial charge in [-0.2, -0.15) is 0 Å². The van der Waals surface area contributed by atoms with E-state index < -0.39 is 0 Å². The van der Waals surface area contributed by atoms with E-state index in [1.807, 2.05) is 24.6 Å². The number of aryl methyl sites for hydroxylation is 1. The zero-order valence-corrected chi connectivity index (χ0v) is 6.98. The Balaban J connectivity index is 2.45. The molecular formula is C8H8N2S. The first kappa shape index (κ1) is 6.61. The fraction of sp³-hybridized carbons (Fsp3) is 0.125. The van der Waals surface area contributed by atoms with Crippen LogP contribution in [0.5, 0.6) is 0 Å². The molecular weight excluding hydrogens is 156 g/mol. The lowest BCUT2D eigenvalue weighted by molar-refractivity contribution is 1.26. The topological polar surface area (TPSA) is 28.7 Å². The van der Waals surface area contributed by atoms with Crippen LogP contribution >= 0.6 is 11.3 Å². The third-order valence-corrected chi connectivity index (χ3v) is 2.33. The second kappa shape index (κ2) is 2.51. The molecule has 0 spiro atoms. The van der Waals surface area contributed by atoms with Crippen molar-refractivity contribution in [2.45, 2.75) is 6.92 Å². The predicted octanol–water partition coefficient (Wildman–Crippen LogP) is 2.45. The van der Waals surface area contributed by atoms with E-state index in [4.69, 9.17) is 0 Å². The number of hydrogen-bond donors (Lipinski definition) is 1. The van der Waals surface area contributed by atoms with E-state index in [1.54, 1.807) is 11.3 Å². The van der Waals surface area contributed by atoms with Crippen molar-refractivity contribution in [2.24, 2.45) is 0 Å². The molecule has 2 aromatic rings. The van der Waals surface area contributed by atoms with Crippen LogP contribution < -0.4 is 0 Å². The Bertz CT molecular complexity index is 335. The molecule has 0 aliphatic rings. The minimum atomic E-state index is 0.970. The van der Waals surface area contributed by atoms with Gasteiger partial charge in [0.2, 0.25) is 0 Å². The molecule has 2 rings (SSSR count). The molecule has 2 aromatic heterocycles. The van der Waals surface area contributed by atoms with Gasteiger partial charge in [0, 0.05) is 11.9 Å². The number of imidazole rings is 1. The molecule has 0 aliphatic carbocycles. The van der Waals surface area contributed by atoms with Gasteiger partial charge >= 0.3 is 0 Å². The fourth-order valence-electron chi connectivity index (χ4n) is 0.951. The van der Waals surface area contributed by atoms with Crippen LogP contribution in [0.3, 0.4) is 0 Å². The molecule has 0 saturated heterocycles. The number of aromatic amines is 1. The molecule has 0 amide bonds. The molecule has 11 heavy (non-hydrogen) atoms. The van der Waals surface area contributed by atoms with Crippen LogP contribution in [0, 0.1) is 6.92 Å². The van der Waals surface area contributed by atoms with Crippen molar-refractivity contribution in [3.05, 3.63) is 29.4 Å². The first-order chi connectivity index (χ1) is 5.36. The lowest BCUT2D eigenvalue weighted by Crippen LogP contribution is -1.73. The van der Waals surface area contributed by atoms with Crippen molar-refractivity contribution in [3.63, 3.8) is 0 Å². The van der Waals surface area contributed by atoms with Crippen molar-refractivity contribution in [1.82, 2.24) is 9.97 Å². The molecule has 0 aromatic carbocycles. The van der Waals surface area contributed by atoms with Crippen LogP contribution in [0.4, 0.5) is 0 Å². The first-order valence-corrected chi connectivity index (χ1v) is 4.30. The minimum Gasteiger partial charge on any atom is -0.341 e. The average Bonchev–Trinajstić information content (AvgIpc) is 2.55. The normalized spacial score (nSPS) is 10.3. The van der Waals surface area contributed by atoms with Gasteiger partial charge in [0.1, 0.15) is 5.82 Å². The Hall–Kier alpha value is -1.09. The molecule has 56 valence electrons. The van der Waals surface area contributed by atoms with Crippen LogP contribution in [0.2, 0.25) is 0 Å². The third-order valence-electron chi connectivity index (χ3n) is 1.46. The summed E-state index contributed by atoms with van der Waals surface area (Å²) >= 11 is 1.70. The van der Waals surface area contributed by atoms with E-state index >= 15 is 0 Å². The Kier molecular flexibility index (Phi) is 1.51. The van der Waals surface area contributed by atoms with E-state index in [0.29, 0.717) is 0 Å². The predicted molar refractivity (Wildman–Crippen MR) is 46.6 cm³/mol.